The fraction of sp³-hybridized carbons (Fsp3) is 0.286. The Morgan fingerprint density at radius 1 is 1.40 bits per heavy atom. The van der Waals surface area contributed by atoms with Gasteiger partial charge in [-0.05, 0) is 19.1 Å². The number of benzene rings is 1. The van der Waals surface area contributed by atoms with Crippen LogP contribution in [0.25, 0.3) is 17.1 Å². The van der Waals surface area contributed by atoms with Gasteiger partial charge in [-0.15, -0.1) is 0 Å². The highest BCUT2D eigenvalue weighted by Gasteiger charge is 2.16. The maximum Gasteiger partial charge on any atom is 0.325 e. The first-order chi connectivity index (χ1) is 9.70. The van der Waals surface area contributed by atoms with Crippen LogP contribution in [0.1, 0.15) is 11.3 Å². The van der Waals surface area contributed by atoms with Gasteiger partial charge in [-0.1, -0.05) is 12.1 Å². The molecular weight excluding hydrogens is 258 g/mol. The van der Waals surface area contributed by atoms with Crippen molar-refractivity contribution in [2.45, 2.75) is 13.3 Å². The summed E-state index contributed by atoms with van der Waals surface area (Å²) in [5.41, 5.74) is 2.72. The Balaban J connectivity index is 2.08. The van der Waals surface area contributed by atoms with Gasteiger partial charge in [0.15, 0.2) is 5.58 Å². The van der Waals surface area contributed by atoms with E-state index in [9.17, 15) is 4.79 Å². The van der Waals surface area contributed by atoms with Crippen molar-refractivity contribution in [3.8, 4) is 6.01 Å². The van der Waals surface area contributed by atoms with Crippen LogP contribution in [-0.4, -0.2) is 28.5 Å². The molecule has 1 N–H and O–H groups in total. The zero-order valence-corrected chi connectivity index (χ0v) is 11.3. The van der Waals surface area contributed by atoms with E-state index in [1.807, 2.05) is 31.2 Å². The summed E-state index contributed by atoms with van der Waals surface area (Å²) >= 11 is 0. The molecule has 0 bridgehead atoms. The molecule has 0 radical (unpaired) electrons. The number of aromatic amines is 1. The molecule has 0 fully saturated rings. The number of oxazole rings is 1. The quantitative estimate of drug-likeness (QED) is 0.786. The lowest BCUT2D eigenvalue weighted by Crippen LogP contribution is -2.18. The molecule has 104 valence electrons. The molecule has 1 aromatic carbocycles. The number of rotatable bonds is 4. The summed E-state index contributed by atoms with van der Waals surface area (Å²) in [4.78, 5) is 16.7. The minimum atomic E-state index is -0.147. The number of para-hydroxylation sites is 2. The van der Waals surface area contributed by atoms with Crippen LogP contribution in [0.15, 0.2) is 33.5 Å². The summed E-state index contributed by atoms with van der Waals surface area (Å²) in [7, 11) is 1.61. The van der Waals surface area contributed by atoms with Gasteiger partial charge in [-0.25, -0.2) is 0 Å². The second kappa shape index (κ2) is 4.97. The van der Waals surface area contributed by atoms with Crippen LogP contribution < -0.4 is 5.56 Å². The largest absolute Gasteiger partial charge is 0.422 e. The summed E-state index contributed by atoms with van der Waals surface area (Å²) in [6, 6.07) is 7.65. The second-order valence-electron chi connectivity index (χ2n) is 4.56. The SMILES string of the molecule is COCCc1c(C)[nH]n(-c2nc3ccccc3o2)c1=O. The van der Waals surface area contributed by atoms with E-state index in [1.54, 1.807) is 7.11 Å². The fourth-order valence-electron chi connectivity index (χ4n) is 2.17. The average Bonchev–Trinajstić information content (AvgIpc) is 2.98. The number of nitrogens with one attached hydrogen (secondary N) is 1. The molecule has 3 aromatic rings. The molecule has 0 aliphatic carbocycles. The molecule has 0 aliphatic heterocycles. The molecule has 2 heterocycles. The topological polar surface area (TPSA) is 73.1 Å². The second-order valence-corrected chi connectivity index (χ2v) is 4.56. The zero-order chi connectivity index (χ0) is 14.1. The Morgan fingerprint density at radius 2 is 2.20 bits per heavy atom. The third-order valence-electron chi connectivity index (χ3n) is 3.22. The number of ether oxygens (including phenoxy) is 1. The summed E-state index contributed by atoms with van der Waals surface area (Å²) < 4.78 is 11.9. The van der Waals surface area contributed by atoms with E-state index >= 15 is 0 Å². The van der Waals surface area contributed by atoms with Crippen molar-refractivity contribution < 1.29 is 9.15 Å². The number of methoxy groups -OCH3 is 1. The first-order valence-corrected chi connectivity index (χ1v) is 6.36. The lowest BCUT2D eigenvalue weighted by atomic mass is 10.2. The van der Waals surface area contributed by atoms with Gasteiger partial charge in [0.05, 0.1) is 6.61 Å². The predicted octanol–water partition coefficient (Wildman–Crippen LogP) is 1.80. The van der Waals surface area contributed by atoms with Crippen molar-refractivity contribution in [2.24, 2.45) is 0 Å². The van der Waals surface area contributed by atoms with Crippen molar-refractivity contribution in [1.82, 2.24) is 14.8 Å². The Morgan fingerprint density at radius 3 is 2.95 bits per heavy atom. The van der Waals surface area contributed by atoms with Crippen LogP contribution in [0.4, 0.5) is 0 Å². The number of hydrogen-bond acceptors (Lipinski definition) is 4. The molecule has 3 rings (SSSR count). The Bertz CT molecular complexity index is 764. The number of aromatic nitrogens is 3. The molecular formula is C14H15N3O3. The van der Waals surface area contributed by atoms with E-state index in [2.05, 4.69) is 10.1 Å². The third kappa shape index (κ3) is 2.04. The van der Waals surface area contributed by atoms with E-state index in [1.165, 1.54) is 4.68 Å². The summed E-state index contributed by atoms with van der Waals surface area (Å²) in [6.45, 7) is 2.35. The van der Waals surface area contributed by atoms with Crippen LogP contribution in [0, 0.1) is 6.92 Å². The number of aryl methyl sites for hydroxylation is 1. The van der Waals surface area contributed by atoms with Gasteiger partial charge in [0, 0.05) is 24.8 Å². The third-order valence-corrected chi connectivity index (χ3v) is 3.22. The summed E-state index contributed by atoms with van der Waals surface area (Å²) in [6.07, 6.45) is 0.560. The molecule has 20 heavy (non-hydrogen) atoms. The first-order valence-electron chi connectivity index (χ1n) is 6.36. The molecule has 0 unspecified atom stereocenters. The van der Waals surface area contributed by atoms with Gasteiger partial charge in [0.1, 0.15) is 5.52 Å². The maximum atomic E-state index is 12.3. The van der Waals surface area contributed by atoms with Gasteiger partial charge >= 0.3 is 6.01 Å². The first kappa shape index (κ1) is 12.7. The van der Waals surface area contributed by atoms with Gasteiger partial charge in [-0.2, -0.15) is 9.67 Å². The fourth-order valence-corrected chi connectivity index (χ4v) is 2.17. The van der Waals surface area contributed by atoms with Crippen LogP contribution in [-0.2, 0) is 11.2 Å². The van der Waals surface area contributed by atoms with Crippen LogP contribution in [0.3, 0.4) is 0 Å². The van der Waals surface area contributed by atoms with Crippen molar-refractivity contribution in [2.75, 3.05) is 13.7 Å². The van der Waals surface area contributed by atoms with E-state index in [0.717, 1.165) is 11.2 Å². The number of nitrogens with zero attached hydrogens (tertiary/aromatic N) is 2. The van der Waals surface area contributed by atoms with Crippen molar-refractivity contribution >= 4 is 11.1 Å². The van der Waals surface area contributed by atoms with Crippen LogP contribution in [0.5, 0.6) is 0 Å². The number of fused-ring (bicyclic) bond motifs is 1. The molecule has 0 spiro atoms. The Labute approximate surface area is 115 Å². The van der Waals surface area contributed by atoms with Crippen molar-refractivity contribution in [3.63, 3.8) is 0 Å². The molecule has 0 aliphatic rings. The molecule has 0 saturated heterocycles. The Kier molecular flexibility index (Phi) is 3.15. The highest BCUT2D eigenvalue weighted by atomic mass is 16.5. The highest BCUT2D eigenvalue weighted by Crippen LogP contribution is 2.16. The smallest absolute Gasteiger partial charge is 0.325 e. The average molecular weight is 273 g/mol. The molecule has 2 aromatic heterocycles. The normalized spacial score (nSPS) is 11.3. The molecule has 0 atom stereocenters. The summed E-state index contributed by atoms with van der Waals surface area (Å²) in [5.74, 6) is 0. The lowest BCUT2D eigenvalue weighted by Gasteiger charge is -1.95. The highest BCUT2D eigenvalue weighted by molar-refractivity contribution is 5.73. The van der Waals surface area contributed by atoms with Crippen LogP contribution in [0.2, 0.25) is 0 Å². The van der Waals surface area contributed by atoms with E-state index in [0.29, 0.717) is 24.2 Å². The standard InChI is InChI=1S/C14H15N3O3/c1-9-10(7-8-19-2)13(18)17(16-9)14-15-11-5-3-4-6-12(11)20-14/h3-6,16H,7-8H2,1-2H3. The molecule has 0 saturated carbocycles. The minimum Gasteiger partial charge on any atom is -0.422 e. The Hall–Kier alpha value is -2.34. The van der Waals surface area contributed by atoms with E-state index in [-0.39, 0.29) is 11.6 Å². The molecule has 0 amide bonds. The van der Waals surface area contributed by atoms with Gasteiger partial charge in [0.25, 0.3) is 5.56 Å². The summed E-state index contributed by atoms with van der Waals surface area (Å²) in [5, 5.41) is 2.99. The number of H-pyrrole nitrogens is 1. The molecule has 6 heteroatoms. The van der Waals surface area contributed by atoms with E-state index in [4.69, 9.17) is 9.15 Å². The predicted molar refractivity (Wildman–Crippen MR) is 74.3 cm³/mol. The van der Waals surface area contributed by atoms with Gasteiger partial charge in [0.2, 0.25) is 0 Å². The maximum absolute atomic E-state index is 12.3. The molecule has 6 nitrogen and oxygen atoms in total. The van der Waals surface area contributed by atoms with Crippen molar-refractivity contribution in [1.29, 1.82) is 0 Å². The number of hydrogen-bond donors (Lipinski definition) is 1. The lowest BCUT2D eigenvalue weighted by molar-refractivity contribution is 0.202. The zero-order valence-electron chi connectivity index (χ0n) is 11.3. The van der Waals surface area contributed by atoms with Gasteiger partial charge in [-0.3, -0.25) is 9.89 Å². The minimum absolute atomic E-state index is 0.147. The van der Waals surface area contributed by atoms with E-state index < -0.39 is 0 Å². The van der Waals surface area contributed by atoms with Gasteiger partial charge < -0.3 is 9.15 Å². The van der Waals surface area contributed by atoms with Crippen LogP contribution >= 0.6 is 0 Å². The van der Waals surface area contributed by atoms with Crippen molar-refractivity contribution in [3.05, 3.63) is 45.9 Å². The monoisotopic (exact) mass is 273 g/mol.